The Morgan fingerprint density at radius 3 is 2.81 bits per heavy atom. The van der Waals surface area contributed by atoms with Crippen LogP contribution in [0.5, 0.6) is 0 Å². The first-order valence-electron chi connectivity index (χ1n) is 9.37. The summed E-state index contributed by atoms with van der Waals surface area (Å²) in [6.45, 7) is 1.78. The summed E-state index contributed by atoms with van der Waals surface area (Å²) < 4.78 is 14.0. The molecule has 27 heavy (non-hydrogen) atoms. The summed E-state index contributed by atoms with van der Waals surface area (Å²) >= 11 is 0. The first-order chi connectivity index (χ1) is 12.9. The quantitative estimate of drug-likeness (QED) is 0.826. The highest BCUT2D eigenvalue weighted by molar-refractivity contribution is 5.96. The lowest BCUT2D eigenvalue weighted by atomic mass is 9.76. The Hall–Kier alpha value is -2.64. The molecule has 3 atom stereocenters. The molecule has 1 aromatic carbocycles. The minimum Gasteiger partial charge on any atom is -0.366 e. The van der Waals surface area contributed by atoms with Gasteiger partial charge in [0.15, 0.2) is 0 Å². The second-order valence-corrected chi connectivity index (χ2v) is 7.76. The number of anilines is 1. The molecule has 3 aliphatic rings. The molecule has 0 saturated carbocycles. The minimum absolute atomic E-state index is 0.0542. The molecule has 144 valence electrons. The highest BCUT2D eigenvalue weighted by Gasteiger charge is 2.44. The molecule has 3 saturated heterocycles. The summed E-state index contributed by atoms with van der Waals surface area (Å²) in [6.07, 6.45) is 3.52. The summed E-state index contributed by atoms with van der Waals surface area (Å²) in [6, 6.07) is 3.47. The lowest BCUT2D eigenvalue weighted by Crippen LogP contribution is -2.61. The molecule has 0 aliphatic carbocycles. The Kier molecular flexibility index (Phi) is 4.49. The molecular weight excluding hydrogens is 351 g/mol. The van der Waals surface area contributed by atoms with Gasteiger partial charge in [-0.25, -0.2) is 9.18 Å². The van der Waals surface area contributed by atoms with E-state index in [-0.39, 0.29) is 41.1 Å². The lowest BCUT2D eigenvalue weighted by Gasteiger charge is -2.52. The average Bonchev–Trinajstić information content (AvgIpc) is 2.64. The fourth-order valence-electron chi connectivity index (χ4n) is 4.74. The number of nitrogens with zero attached hydrogens (tertiary/aromatic N) is 2. The number of amides is 4. The number of hydrogen-bond donors (Lipinski definition) is 2. The van der Waals surface area contributed by atoms with Crippen LogP contribution < -0.4 is 11.1 Å². The van der Waals surface area contributed by atoms with E-state index in [0.29, 0.717) is 26.1 Å². The number of nitrogens with two attached hydrogens (primary N) is 1. The van der Waals surface area contributed by atoms with Crippen LogP contribution in [0.4, 0.5) is 14.9 Å². The largest absolute Gasteiger partial charge is 0.366 e. The molecule has 2 unspecified atom stereocenters. The molecule has 4 amide bonds. The number of benzene rings is 1. The third-order valence-electron chi connectivity index (χ3n) is 5.96. The van der Waals surface area contributed by atoms with Crippen LogP contribution in [-0.2, 0) is 4.79 Å². The standard InChI is InChI=1S/C19H23FN4O3/c20-14-5-4-12(18(21)26)7-15(14)22-19(27)23-8-11-6-13(10-23)16-2-1-3-17(25)24(16)9-11/h4-5,7,11,13,16H,1-3,6,8-10H2,(H2,21,26)(H,22,27)/t11?,13?,16-/m0/s1. The molecule has 3 aliphatic heterocycles. The van der Waals surface area contributed by atoms with Gasteiger partial charge in [-0.05, 0) is 49.3 Å². The number of rotatable bonds is 2. The molecule has 2 bridgehead atoms. The van der Waals surface area contributed by atoms with E-state index in [1.54, 1.807) is 4.90 Å². The molecule has 7 nitrogen and oxygen atoms in total. The second-order valence-electron chi connectivity index (χ2n) is 7.76. The van der Waals surface area contributed by atoms with Crippen LogP contribution in [0, 0.1) is 17.7 Å². The van der Waals surface area contributed by atoms with Gasteiger partial charge in [-0.1, -0.05) is 0 Å². The predicted octanol–water partition coefficient (Wildman–Crippen LogP) is 1.79. The van der Waals surface area contributed by atoms with E-state index in [0.717, 1.165) is 25.3 Å². The van der Waals surface area contributed by atoms with E-state index in [1.807, 2.05) is 4.90 Å². The number of urea groups is 1. The van der Waals surface area contributed by atoms with Crippen LogP contribution in [0.15, 0.2) is 18.2 Å². The van der Waals surface area contributed by atoms with E-state index in [9.17, 15) is 18.8 Å². The van der Waals surface area contributed by atoms with Crippen molar-refractivity contribution < 1.29 is 18.8 Å². The number of likely N-dealkylation sites (tertiary alicyclic amines) is 1. The fourth-order valence-corrected chi connectivity index (χ4v) is 4.74. The number of halogens is 1. The van der Waals surface area contributed by atoms with Gasteiger partial charge in [0, 0.05) is 37.7 Å². The maximum atomic E-state index is 14.0. The molecule has 3 fully saturated rings. The average molecular weight is 374 g/mol. The molecule has 3 N–H and O–H groups in total. The van der Waals surface area contributed by atoms with Crippen molar-refractivity contribution in [2.45, 2.75) is 31.7 Å². The summed E-state index contributed by atoms with van der Waals surface area (Å²) in [7, 11) is 0. The number of hydrogen-bond acceptors (Lipinski definition) is 3. The molecule has 1 aromatic rings. The maximum absolute atomic E-state index is 14.0. The third kappa shape index (κ3) is 3.36. The summed E-state index contributed by atoms with van der Waals surface area (Å²) in [5.74, 6) is -0.567. The number of piperidine rings is 3. The number of primary amides is 1. The molecule has 3 heterocycles. The van der Waals surface area contributed by atoms with E-state index < -0.39 is 11.7 Å². The zero-order valence-electron chi connectivity index (χ0n) is 15.0. The molecular formula is C19H23FN4O3. The fraction of sp³-hybridized carbons (Fsp3) is 0.526. The summed E-state index contributed by atoms with van der Waals surface area (Å²) in [5, 5.41) is 2.57. The highest BCUT2D eigenvalue weighted by atomic mass is 19.1. The number of fused-ring (bicyclic) bond motifs is 4. The van der Waals surface area contributed by atoms with Crippen molar-refractivity contribution in [2.24, 2.45) is 17.6 Å². The van der Waals surface area contributed by atoms with Crippen molar-refractivity contribution in [2.75, 3.05) is 25.0 Å². The molecule has 0 spiro atoms. The molecule has 8 heteroatoms. The lowest BCUT2D eigenvalue weighted by molar-refractivity contribution is -0.144. The van der Waals surface area contributed by atoms with Crippen LogP contribution >= 0.6 is 0 Å². The maximum Gasteiger partial charge on any atom is 0.321 e. The zero-order chi connectivity index (χ0) is 19.1. The molecule has 4 rings (SSSR count). The van der Waals surface area contributed by atoms with E-state index in [4.69, 9.17) is 5.73 Å². The summed E-state index contributed by atoms with van der Waals surface area (Å²) in [4.78, 5) is 39.9. The Labute approximate surface area is 156 Å². The van der Waals surface area contributed by atoms with Gasteiger partial charge >= 0.3 is 6.03 Å². The first kappa shape index (κ1) is 17.8. The first-order valence-corrected chi connectivity index (χ1v) is 9.37. The van der Waals surface area contributed by atoms with Gasteiger partial charge in [0.05, 0.1) is 5.69 Å². The van der Waals surface area contributed by atoms with Crippen LogP contribution in [0.1, 0.15) is 36.0 Å². The number of nitrogens with one attached hydrogen (secondary N) is 1. The Morgan fingerprint density at radius 2 is 2.04 bits per heavy atom. The van der Waals surface area contributed by atoms with E-state index >= 15 is 0 Å². The van der Waals surface area contributed by atoms with Crippen molar-refractivity contribution in [1.82, 2.24) is 9.80 Å². The monoisotopic (exact) mass is 374 g/mol. The molecule has 0 radical (unpaired) electrons. The predicted molar refractivity (Wildman–Crippen MR) is 96.5 cm³/mol. The molecule has 0 aromatic heterocycles. The van der Waals surface area contributed by atoms with Gasteiger partial charge in [0.2, 0.25) is 11.8 Å². The topological polar surface area (TPSA) is 95.7 Å². The summed E-state index contributed by atoms with van der Waals surface area (Å²) in [5.41, 5.74) is 5.31. The van der Waals surface area contributed by atoms with Crippen molar-refractivity contribution in [1.29, 1.82) is 0 Å². The Balaban J connectivity index is 1.47. The van der Waals surface area contributed by atoms with Gasteiger partial charge in [-0.15, -0.1) is 0 Å². The Bertz CT molecular complexity index is 799. The minimum atomic E-state index is -0.680. The highest BCUT2D eigenvalue weighted by Crippen LogP contribution is 2.38. The van der Waals surface area contributed by atoms with Crippen LogP contribution in [0.2, 0.25) is 0 Å². The zero-order valence-corrected chi connectivity index (χ0v) is 15.0. The van der Waals surface area contributed by atoms with Crippen LogP contribution in [0.25, 0.3) is 0 Å². The van der Waals surface area contributed by atoms with E-state index in [2.05, 4.69) is 5.32 Å². The van der Waals surface area contributed by atoms with Crippen LogP contribution in [0.3, 0.4) is 0 Å². The number of carbonyl (C=O) groups is 3. The van der Waals surface area contributed by atoms with Crippen molar-refractivity contribution in [3.8, 4) is 0 Å². The van der Waals surface area contributed by atoms with Crippen molar-refractivity contribution in [3.05, 3.63) is 29.6 Å². The van der Waals surface area contributed by atoms with Gasteiger partial charge in [-0.2, -0.15) is 0 Å². The SMILES string of the molecule is NC(=O)c1ccc(F)c(NC(=O)N2CC3CC(C2)[C@@H]2CCCC(=O)N2C3)c1. The van der Waals surface area contributed by atoms with Gasteiger partial charge in [-0.3, -0.25) is 9.59 Å². The van der Waals surface area contributed by atoms with Crippen LogP contribution in [-0.4, -0.2) is 53.3 Å². The van der Waals surface area contributed by atoms with Gasteiger partial charge in [0.1, 0.15) is 5.82 Å². The number of carbonyl (C=O) groups excluding carboxylic acids is 3. The van der Waals surface area contributed by atoms with Gasteiger partial charge in [0.25, 0.3) is 0 Å². The third-order valence-corrected chi connectivity index (χ3v) is 5.96. The normalized spacial score (nSPS) is 27.1. The van der Waals surface area contributed by atoms with E-state index in [1.165, 1.54) is 12.1 Å². The second kappa shape index (κ2) is 6.83. The van der Waals surface area contributed by atoms with Crippen molar-refractivity contribution in [3.63, 3.8) is 0 Å². The smallest absolute Gasteiger partial charge is 0.321 e. The van der Waals surface area contributed by atoms with Gasteiger partial charge < -0.3 is 20.9 Å². The van der Waals surface area contributed by atoms with Crippen molar-refractivity contribution >= 4 is 23.5 Å². The Morgan fingerprint density at radius 1 is 1.22 bits per heavy atom.